The molecular formula is C22H33N3O2. The number of hydrogen-bond donors (Lipinski definition) is 2. The molecule has 5 heteroatoms. The highest BCUT2D eigenvalue weighted by Crippen LogP contribution is 2.33. The molecule has 5 nitrogen and oxygen atoms in total. The number of methoxy groups -OCH3 is 1. The van der Waals surface area contributed by atoms with Crippen molar-refractivity contribution in [3.8, 4) is 12.3 Å². The van der Waals surface area contributed by atoms with Gasteiger partial charge in [0.2, 0.25) is 5.95 Å². The maximum absolute atomic E-state index is 10.5. The normalized spacial score (nSPS) is 31.7. The van der Waals surface area contributed by atoms with E-state index >= 15 is 0 Å². The van der Waals surface area contributed by atoms with Gasteiger partial charge in [-0.1, -0.05) is 18.8 Å². The van der Waals surface area contributed by atoms with Crippen molar-refractivity contribution in [2.75, 3.05) is 12.4 Å². The molecule has 0 amide bonds. The number of aliphatic hydroxyl groups is 1. The van der Waals surface area contributed by atoms with Crippen LogP contribution in [0.1, 0.15) is 76.0 Å². The summed E-state index contributed by atoms with van der Waals surface area (Å²) < 4.78 is 5.45. The molecule has 0 unspecified atom stereocenters. The summed E-state index contributed by atoms with van der Waals surface area (Å²) in [6.45, 7) is 1.96. The Kier molecular flexibility index (Phi) is 6.73. The van der Waals surface area contributed by atoms with Crippen LogP contribution in [-0.2, 0) is 11.2 Å². The zero-order chi connectivity index (χ0) is 19.3. The molecule has 2 saturated carbocycles. The number of nitrogens with zero attached hydrogens (tertiary/aromatic N) is 2. The summed E-state index contributed by atoms with van der Waals surface area (Å²) in [7, 11) is 1.79. The van der Waals surface area contributed by atoms with Gasteiger partial charge >= 0.3 is 0 Å². The van der Waals surface area contributed by atoms with E-state index in [1.165, 1.54) is 0 Å². The molecule has 148 valence electrons. The Morgan fingerprint density at radius 1 is 1.30 bits per heavy atom. The van der Waals surface area contributed by atoms with Crippen LogP contribution in [0, 0.1) is 18.3 Å². The molecule has 3 rings (SSSR count). The van der Waals surface area contributed by atoms with Crippen molar-refractivity contribution >= 4 is 5.95 Å². The van der Waals surface area contributed by atoms with Crippen LogP contribution in [-0.4, -0.2) is 39.9 Å². The molecule has 2 aliphatic rings. The second-order valence-electron chi connectivity index (χ2n) is 8.57. The second-order valence-corrected chi connectivity index (χ2v) is 8.57. The molecule has 2 N–H and O–H groups in total. The third kappa shape index (κ3) is 5.67. The molecule has 2 atom stereocenters. The fourth-order valence-electron chi connectivity index (χ4n) is 4.60. The molecule has 1 aromatic heterocycles. The number of hydrogen-bond acceptors (Lipinski definition) is 5. The molecule has 0 spiro atoms. The third-order valence-electron chi connectivity index (χ3n) is 6.15. The summed E-state index contributed by atoms with van der Waals surface area (Å²) in [5, 5.41) is 14.0. The van der Waals surface area contributed by atoms with E-state index in [4.69, 9.17) is 16.1 Å². The molecule has 0 radical (unpaired) electrons. The summed E-state index contributed by atoms with van der Waals surface area (Å²) in [4.78, 5) is 9.21. The van der Waals surface area contributed by atoms with Gasteiger partial charge in [-0.3, -0.25) is 0 Å². The number of terminal acetylenes is 1. The van der Waals surface area contributed by atoms with Crippen molar-refractivity contribution in [1.29, 1.82) is 0 Å². The number of nitrogens with one attached hydrogen (secondary N) is 1. The Balaban J connectivity index is 1.67. The summed E-state index contributed by atoms with van der Waals surface area (Å²) in [6.07, 6.45) is 18.0. The maximum atomic E-state index is 10.5. The molecule has 1 heterocycles. The lowest BCUT2D eigenvalue weighted by molar-refractivity contribution is 0.0318. The largest absolute Gasteiger partial charge is 0.390 e. The Morgan fingerprint density at radius 3 is 2.78 bits per heavy atom. The van der Waals surface area contributed by atoms with E-state index in [-0.39, 0.29) is 0 Å². The van der Waals surface area contributed by atoms with Crippen LogP contribution >= 0.6 is 0 Å². The van der Waals surface area contributed by atoms with Crippen LogP contribution in [0.2, 0.25) is 0 Å². The topological polar surface area (TPSA) is 67.3 Å². The van der Waals surface area contributed by atoms with Crippen LogP contribution in [0.15, 0.2) is 6.20 Å². The zero-order valence-electron chi connectivity index (χ0n) is 16.7. The number of ether oxygens (including phenoxy) is 1. The average Bonchev–Trinajstić information content (AvgIpc) is 2.82. The predicted molar refractivity (Wildman–Crippen MR) is 108 cm³/mol. The SMILES string of the molecule is C#Cc1cnc(NC2CCC(OC)CC2)nc1C[C@H]1CCCC[C@@](C)(O)C1. The first-order chi connectivity index (χ1) is 13.0. The number of aromatic nitrogens is 2. The predicted octanol–water partition coefficient (Wildman–Crippen LogP) is 3.70. The van der Waals surface area contributed by atoms with E-state index in [0.29, 0.717) is 24.0 Å². The molecule has 27 heavy (non-hydrogen) atoms. The van der Waals surface area contributed by atoms with E-state index < -0.39 is 5.60 Å². The number of anilines is 1. The Hall–Kier alpha value is -1.64. The van der Waals surface area contributed by atoms with E-state index in [1.807, 2.05) is 6.92 Å². The minimum atomic E-state index is -0.578. The number of rotatable bonds is 5. The molecule has 2 fully saturated rings. The van der Waals surface area contributed by atoms with Crippen molar-refractivity contribution in [2.45, 2.75) is 88.9 Å². The van der Waals surface area contributed by atoms with Crippen molar-refractivity contribution < 1.29 is 9.84 Å². The van der Waals surface area contributed by atoms with Gasteiger partial charge in [0, 0.05) is 19.3 Å². The average molecular weight is 372 g/mol. The molecule has 1 aromatic rings. The molecule has 0 bridgehead atoms. The first-order valence-electron chi connectivity index (χ1n) is 10.3. The van der Waals surface area contributed by atoms with Gasteiger partial charge in [-0.2, -0.15) is 0 Å². The summed E-state index contributed by atoms with van der Waals surface area (Å²) >= 11 is 0. The monoisotopic (exact) mass is 371 g/mol. The van der Waals surface area contributed by atoms with Crippen LogP contribution < -0.4 is 5.32 Å². The van der Waals surface area contributed by atoms with Gasteiger partial charge in [-0.05, 0) is 64.2 Å². The van der Waals surface area contributed by atoms with Gasteiger partial charge in [-0.25, -0.2) is 9.97 Å². The quantitative estimate of drug-likeness (QED) is 0.610. The summed E-state index contributed by atoms with van der Waals surface area (Å²) in [5.74, 6) is 3.82. The lowest BCUT2D eigenvalue weighted by atomic mass is 9.87. The smallest absolute Gasteiger partial charge is 0.223 e. The van der Waals surface area contributed by atoms with Crippen molar-refractivity contribution in [3.63, 3.8) is 0 Å². The standard InChI is InChI=1S/C22H33N3O2/c1-4-17-15-23-21(24-18-8-10-19(27-3)11-9-18)25-20(17)13-16-7-5-6-12-22(2,26)14-16/h1,15-16,18-19,26H,5-14H2,2-3H3,(H,23,24,25)/t16-,18?,19?,22-/m1/s1. The minimum Gasteiger partial charge on any atom is -0.390 e. The van der Waals surface area contributed by atoms with Gasteiger partial charge in [0.05, 0.1) is 23.0 Å². The van der Waals surface area contributed by atoms with E-state index in [2.05, 4.69) is 16.2 Å². The Morgan fingerprint density at radius 2 is 2.07 bits per heavy atom. The highest BCUT2D eigenvalue weighted by atomic mass is 16.5. The zero-order valence-corrected chi connectivity index (χ0v) is 16.7. The molecule has 0 saturated heterocycles. The van der Waals surface area contributed by atoms with Crippen LogP contribution in [0.25, 0.3) is 0 Å². The van der Waals surface area contributed by atoms with Crippen LogP contribution in [0.4, 0.5) is 5.95 Å². The Bertz CT molecular complexity index is 660. The fourth-order valence-corrected chi connectivity index (χ4v) is 4.60. The maximum Gasteiger partial charge on any atom is 0.223 e. The van der Waals surface area contributed by atoms with Gasteiger partial charge in [-0.15, -0.1) is 6.42 Å². The van der Waals surface area contributed by atoms with Crippen LogP contribution in [0.3, 0.4) is 0 Å². The first-order valence-corrected chi connectivity index (χ1v) is 10.3. The van der Waals surface area contributed by atoms with Crippen molar-refractivity contribution in [3.05, 3.63) is 17.5 Å². The lowest BCUT2D eigenvalue weighted by Gasteiger charge is -2.28. The molecule has 2 aliphatic carbocycles. The summed E-state index contributed by atoms with van der Waals surface area (Å²) in [5.41, 5.74) is 1.13. The molecule has 0 aromatic carbocycles. The van der Waals surface area contributed by atoms with Gasteiger partial charge in [0.25, 0.3) is 0 Å². The molecule has 0 aliphatic heterocycles. The highest BCUT2D eigenvalue weighted by Gasteiger charge is 2.29. The summed E-state index contributed by atoms with van der Waals surface area (Å²) in [6, 6.07) is 0.388. The van der Waals surface area contributed by atoms with Gasteiger partial charge in [0.1, 0.15) is 0 Å². The van der Waals surface area contributed by atoms with Gasteiger partial charge < -0.3 is 15.2 Å². The third-order valence-corrected chi connectivity index (χ3v) is 6.15. The lowest BCUT2D eigenvalue weighted by Crippen LogP contribution is -2.30. The van der Waals surface area contributed by atoms with Crippen LogP contribution in [0.5, 0.6) is 0 Å². The first kappa shape index (κ1) is 20.1. The van der Waals surface area contributed by atoms with E-state index in [9.17, 15) is 5.11 Å². The van der Waals surface area contributed by atoms with Crippen molar-refractivity contribution in [2.24, 2.45) is 5.92 Å². The van der Waals surface area contributed by atoms with Crippen molar-refractivity contribution in [1.82, 2.24) is 9.97 Å². The highest BCUT2D eigenvalue weighted by molar-refractivity contribution is 5.39. The Labute approximate surface area is 163 Å². The fraction of sp³-hybridized carbons (Fsp3) is 0.727. The second kappa shape index (κ2) is 9.03. The van der Waals surface area contributed by atoms with E-state index in [1.54, 1.807) is 13.3 Å². The minimum absolute atomic E-state index is 0.381. The molecular weight excluding hydrogens is 338 g/mol. The van der Waals surface area contributed by atoms with Gasteiger partial charge in [0.15, 0.2) is 0 Å². The van der Waals surface area contributed by atoms with E-state index in [0.717, 1.165) is 75.5 Å².